The second-order valence-corrected chi connectivity index (χ2v) is 4.89. The molecule has 0 unspecified atom stereocenters. The van der Waals surface area contributed by atoms with Crippen molar-refractivity contribution in [3.05, 3.63) is 0 Å². The summed E-state index contributed by atoms with van der Waals surface area (Å²) in [7, 11) is 0. The van der Waals surface area contributed by atoms with E-state index in [1.807, 2.05) is 0 Å². The Labute approximate surface area is 108 Å². The number of amides is 1. The number of carbonyl (C=O) groups is 2. The summed E-state index contributed by atoms with van der Waals surface area (Å²) in [5.74, 6) is -0.625. The van der Waals surface area contributed by atoms with Crippen LogP contribution >= 0.6 is 0 Å². The molecule has 5 nitrogen and oxygen atoms in total. The Balaban J connectivity index is 1.78. The number of nitrogens with one attached hydrogen (secondary N) is 2. The molecule has 0 bridgehead atoms. The van der Waals surface area contributed by atoms with E-state index in [1.54, 1.807) is 0 Å². The number of aliphatic carboxylic acids is 1. The molecule has 0 saturated heterocycles. The van der Waals surface area contributed by atoms with Gasteiger partial charge < -0.3 is 15.7 Å². The molecule has 0 heterocycles. The van der Waals surface area contributed by atoms with Crippen LogP contribution in [0.5, 0.6) is 0 Å². The molecular formula is C13H24N2O3. The van der Waals surface area contributed by atoms with Gasteiger partial charge in [-0.3, -0.25) is 9.59 Å². The van der Waals surface area contributed by atoms with Crippen LogP contribution in [0.2, 0.25) is 0 Å². The highest BCUT2D eigenvalue weighted by molar-refractivity contribution is 5.76. The molecule has 1 aliphatic carbocycles. The highest BCUT2D eigenvalue weighted by Crippen LogP contribution is 2.18. The number of carboxylic acids is 1. The normalized spacial score (nSPS) is 14.4. The Morgan fingerprint density at radius 3 is 2.39 bits per heavy atom. The first kappa shape index (κ1) is 15.0. The lowest BCUT2D eigenvalue weighted by atomic mass is 10.1. The van der Waals surface area contributed by atoms with Gasteiger partial charge in [0.1, 0.15) is 0 Å². The molecule has 1 saturated carbocycles. The number of rotatable bonds is 11. The van der Waals surface area contributed by atoms with Crippen molar-refractivity contribution in [1.82, 2.24) is 10.6 Å². The summed E-state index contributed by atoms with van der Waals surface area (Å²) >= 11 is 0. The molecule has 0 aliphatic heterocycles. The molecule has 18 heavy (non-hydrogen) atoms. The molecule has 1 fully saturated rings. The SMILES string of the molecule is O=C(O)CCCCCCNC(=O)CCNC1CC1. The first-order chi connectivity index (χ1) is 8.68. The zero-order valence-corrected chi connectivity index (χ0v) is 10.9. The minimum absolute atomic E-state index is 0.105. The molecule has 0 atom stereocenters. The number of hydrogen-bond acceptors (Lipinski definition) is 3. The summed E-state index contributed by atoms with van der Waals surface area (Å²) in [4.78, 5) is 21.7. The van der Waals surface area contributed by atoms with E-state index in [4.69, 9.17) is 5.11 Å². The summed E-state index contributed by atoms with van der Waals surface area (Å²) in [6.45, 7) is 1.48. The maximum absolute atomic E-state index is 11.4. The van der Waals surface area contributed by atoms with Crippen LogP contribution in [-0.4, -0.2) is 36.1 Å². The second kappa shape index (κ2) is 8.91. The Hall–Kier alpha value is -1.10. The molecule has 0 aromatic heterocycles. The van der Waals surface area contributed by atoms with Crippen LogP contribution in [0.1, 0.15) is 51.4 Å². The largest absolute Gasteiger partial charge is 0.481 e. The average molecular weight is 256 g/mol. The third kappa shape index (κ3) is 8.98. The number of hydrogen-bond donors (Lipinski definition) is 3. The summed E-state index contributed by atoms with van der Waals surface area (Å²) in [5, 5.41) is 14.6. The number of unbranched alkanes of at least 4 members (excludes halogenated alkanes) is 3. The highest BCUT2D eigenvalue weighted by atomic mass is 16.4. The van der Waals surface area contributed by atoms with Gasteiger partial charge in [-0.05, 0) is 25.7 Å². The van der Waals surface area contributed by atoms with Gasteiger partial charge in [0.2, 0.25) is 5.91 Å². The quantitative estimate of drug-likeness (QED) is 0.487. The number of carbonyl (C=O) groups excluding carboxylic acids is 1. The van der Waals surface area contributed by atoms with Gasteiger partial charge in [0.05, 0.1) is 0 Å². The Kier molecular flexibility index (Phi) is 7.41. The van der Waals surface area contributed by atoms with Crippen molar-refractivity contribution in [3.8, 4) is 0 Å². The minimum Gasteiger partial charge on any atom is -0.481 e. The topological polar surface area (TPSA) is 78.4 Å². The van der Waals surface area contributed by atoms with Crippen LogP contribution in [0.25, 0.3) is 0 Å². The fourth-order valence-electron chi connectivity index (χ4n) is 1.75. The molecule has 1 amide bonds. The van der Waals surface area contributed by atoms with Crippen LogP contribution < -0.4 is 10.6 Å². The molecule has 0 aromatic carbocycles. The molecule has 0 aromatic rings. The van der Waals surface area contributed by atoms with E-state index in [0.717, 1.165) is 32.2 Å². The van der Waals surface area contributed by atoms with Crippen molar-refractivity contribution in [3.63, 3.8) is 0 Å². The fourth-order valence-corrected chi connectivity index (χ4v) is 1.75. The monoisotopic (exact) mass is 256 g/mol. The van der Waals surface area contributed by atoms with E-state index in [1.165, 1.54) is 12.8 Å². The smallest absolute Gasteiger partial charge is 0.303 e. The van der Waals surface area contributed by atoms with Gasteiger partial charge >= 0.3 is 5.97 Å². The van der Waals surface area contributed by atoms with E-state index in [0.29, 0.717) is 19.0 Å². The molecule has 104 valence electrons. The minimum atomic E-state index is -0.730. The van der Waals surface area contributed by atoms with Gasteiger partial charge in [0.15, 0.2) is 0 Å². The summed E-state index contributed by atoms with van der Waals surface area (Å²) in [6, 6.07) is 0.659. The van der Waals surface area contributed by atoms with Gasteiger partial charge in [0, 0.05) is 32.0 Å². The molecule has 5 heteroatoms. The van der Waals surface area contributed by atoms with Crippen LogP contribution in [0.15, 0.2) is 0 Å². The lowest BCUT2D eigenvalue weighted by Gasteiger charge is -2.05. The lowest BCUT2D eigenvalue weighted by Crippen LogP contribution is -2.29. The third-order valence-corrected chi connectivity index (χ3v) is 3.00. The summed E-state index contributed by atoms with van der Waals surface area (Å²) < 4.78 is 0. The average Bonchev–Trinajstić information content (AvgIpc) is 3.11. The zero-order valence-electron chi connectivity index (χ0n) is 10.9. The molecule has 1 aliphatic rings. The van der Waals surface area contributed by atoms with E-state index < -0.39 is 5.97 Å². The number of carboxylic acid groups (broad SMARTS) is 1. The van der Waals surface area contributed by atoms with Crippen LogP contribution in [-0.2, 0) is 9.59 Å². The summed E-state index contributed by atoms with van der Waals surface area (Å²) in [6.07, 6.45) is 6.86. The molecular weight excluding hydrogens is 232 g/mol. The first-order valence-corrected chi connectivity index (χ1v) is 6.90. The van der Waals surface area contributed by atoms with Gasteiger partial charge in [-0.15, -0.1) is 0 Å². The molecule has 0 spiro atoms. The Morgan fingerprint density at radius 2 is 1.72 bits per heavy atom. The standard InChI is InChI=1S/C13H24N2O3/c16-12(8-10-14-11-6-7-11)15-9-4-2-1-3-5-13(17)18/h11,14H,1-10H2,(H,15,16)(H,17,18). The van der Waals surface area contributed by atoms with Crippen molar-refractivity contribution >= 4 is 11.9 Å². The Bertz CT molecular complexity index is 265. The van der Waals surface area contributed by atoms with Crippen molar-refractivity contribution in [1.29, 1.82) is 0 Å². The van der Waals surface area contributed by atoms with E-state index in [9.17, 15) is 9.59 Å². The van der Waals surface area contributed by atoms with E-state index in [2.05, 4.69) is 10.6 Å². The van der Waals surface area contributed by atoms with Crippen molar-refractivity contribution in [2.75, 3.05) is 13.1 Å². The van der Waals surface area contributed by atoms with Crippen molar-refractivity contribution < 1.29 is 14.7 Å². The van der Waals surface area contributed by atoms with Gasteiger partial charge in [-0.2, -0.15) is 0 Å². The van der Waals surface area contributed by atoms with Gasteiger partial charge in [0.25, 0.3) is 0 Å². The predicted octanol–water partition coefficient (Wildman–Crippen LogP) is 1.28. The maximum atomic E-state index is 11.4. The zero-order chi connectivity index (χ0) is 13.2. The van der Waals surface area contributed by atoms with Crippen LogP contribution in [0.3, 0.4) is 0 Å². The maximum Gasteiger partial charge on any atom is 0.303 e. The van der Waals surface area contributed by atoms with Crippen molar-refractivity contribution in [2.24, 2.45) is 0 Å². The third-order valence-electron chi connectivity index (χ3n) is 3.00. The van der Waals surface area contributed by atoms with Crippen LogP contribution in [0, 0.1) is 0 Å². The lowest BCUT2D eigenvalue weighted by molar-refractivity contribution is -0.137. The summed E-state index contributed by atoms with van der Waals surface area (Å²) in [5.41, 5.74) is 0. The highest BCUT2D eigenvalue weighted by Gasteiger charge is 2.19. The van der Waals surface area contributed by atoms with Crippen molar-refractivity contribution in [2.45, 2.75) is 57.4 Å². The van der Waals surface area contributed by atoms with E-state index in [-0.39, 0.29) is 12.3 Å². The predicted molar refractivity (Wildman–Crippen MR) is 69.4 cm³/mol. The molecule has 1 rings (SSSR count). The van der Waals surface area contributed by atoms with Gasteiger partial charge in [-0.25, -0.2) is 0 Å². The molecule has 3 N–H and O–H groups in total. The van der Waals surface area contributed by atoms with E-state index >= 15 is 0 Å². The molecule has 0 radical (unpaired) electrons. The Morgan fingerprint density at radius 1 is 1.00 bits per heavy atom. The first-order valence-electron chi connectivity index (χ1n) is 6.90. The second-order valence-electron chi connectivity index (χ2n) is 4.89. The fraction of sp³-hybridized carbons (Fsp3) is 0.846. The van der Waals surface area contributed by atoms with Gasteiger partial charge in [-0.1, -0.05) is 12.8 Å². The van der Waals surface area contributed by atoms with Crippen LogP contribution in [0.4, 0.5) is 0 Å².